The second kappa shape index (κ2) is 45.2. The molecule has 9 N–H and O–H groups in total. The number of allylic oxidation sites excluding steroid dienone is 14. The van der Waals surface area contributed by atoms with Crippen LogP contribution in [0.25, 0.3) is 0 Å². The molecule has 0 bridgehead atoms. The average Bonchev–Trinajstić information content (AvgIpc) is 3.40. The molecule has 0 radical (unpaired) electrons. The van der Waals surface area contributed by atoms with Crippen molar-refractivity contribution in [2.24, 2.45) is 0 Å². The van der Waals surface area contributed by atoms with Crippen molar-refractivity contribution in [2.75, 3.05) is 19.8 Å². The zero-order chi connectivity index (χ0) is 53.9. The molecule has 0 saturated carbocycles. The van der Waals surface area contributed by atoms with Crippen LogP contribution >= 0.6 is 0 Å². The van der Waals surface area contributed by atoms with E-state index in [1.807, 2.05) is 0 Å². The fourth-order valence-corrected chi connectivity index (χ4v) is 8.98. The fraction of sp³-hybridized carbons (Fsp3) is 0.750. The predicted octanol–water partition coefficient (Wildman–Crippen LogP) is 9.33. The van der Waals surface area contributed by atoms with E-state index in [2.05, 4.69) is 104 Å². The Morgan fingerprint density at radius 3 is 1.42 bits per heavy atom. The number of unbranched alkanes of at least 4 members (excludes halogenated alkanes) is 17. The first-order valence-corrected chi connectivity index (χ1v) is 28.8. The lowest BCUT2D eigenvalue weighted by Gasteiger charge is -2.46. The van der Waals surface area contributed by atoms with Gasteiger partial charge in [-0.15, -0.1) is 0 Å². The minimum absolute atomic E-state index is 0.242. The molecular formula is C60H103NO13. The van der Waals surface area contributed by atoms with Crippen LogP contribution in [-0.4, -0.2) is 140 Å². The second-order valence-electron chi connectivity index (χ2n) is 20.0. The molecule has 0 aromatic rings. The van der Waals surface area contributed by atoms with Crippen LogP contribution in [0.2, 0.25) is 0 Å². The van der Waals surface area contributed by atoms with Crippen molar-refractivity contribution in [3.8, 4) is 0 Å². The lowest BCUT2D eigenvalue weighted by atomic mass is 9.97. The molecule has 0 aromatic carbocycles. The van der Waals surface area contributed by atoms with Gasteiger partial charge in [-0.1, -0.05) is 202 Å². The predicted molar refractivity (Wildman–Crippen MR) is 295 cm³/mol. The summed E-state index contributed by atoms with van der Waals surface area (Å²) in [7, 11) is 0. The van der Waals surface area contributed by atoms with Gasteiger partial charge in [0.2, 0.25) is 5.91 Å². The third-order valence-corrected chi connectivity index (χ3v) is 13.6. The van der Waals surface area contributed by atoms with Crippen LogP contribution in [0.4, 0.5) is 0 Å². The first kappa shape index (κ1) is 67.3. The molecule has 0 aliphatic carbocycles. The Balaban J connectivity index is 1.78. The molecule has 14 nitrogen and oxygen atoms in total. The van der Waals surface area contributed by atoms with Gasteiger partial charge in [0.25, 0.3) is 0 Å². The Hall–Kier alpha value is -2.83. The van der Waals surface area contributed by atoms with Gasteiger partial charge in [0, 0.05) is 6.42 Å². The van der Waals surface area contributed by atoms with Crippen molar-refractivity contribution in [3.05, 3.63) is 85.1 Å². The summed E-state index contributed by atoms with van der Waals surface area (Å²) in [6.07, 6.45) is 42.9. The number of ether oxygens (including phenoxy) is 4. The molecule has 14 heteroatoms. The second-order valence-corrected chi connectivity index (χ2v) is 20.0. The minimum Gasteiger partial charge on any atom is -0.394 e. The monoisotopic (exact) mass is 1050 g/mol. The summed E-state index contributed by atoms with van der Waals surface area (Å²) >= 11 is 0. The minimum atomic E-state index is -1.79. The van der Waals surface area contributed by atoms with Gasteiger partial charge in [-0.05, 0) is 70.6 Å². The molecule has 12 unspecified atom stereocenters. The first-order chi connectivity index (χ1) is 36.1. The normalized spacial score (nSPS) is 25.9. The largest absolute Gasteiger partial charge is 0.394 e. The molecule has 74 heavy (non-hydrogen) atoms. The van der Waals surface area contributed by atoms with Gasteiger partial charge in [0.15, 0.2) is 12.6 Å². The Labute approximate surface area is 446 Å². The van der Waals surface area contributed by atoms with Crippen molar-refractivity contribution in [3.63, 3.8) is 0 Å². The third kappa shape index (κ3) is 30.8. The van der Waals surface area contributed by atoms with Gasteiger partial charge in [-0.25, -0.2) is 0 Å². The van der Waals surface area contributed by atoms with Crippen molar-refractivity contribution >= 4 is 5.91 Å². The summed E-state index contributed by atoms with van der Waals surface area (Å²) in [5.74, 6) is -0.242. The van der Waals surface area contributed by atoms with Crippen molar-refractivity contribution < 1.29 is 64.6 Å². The number of hydrogen-bond acceptors (Lipinski definition) is 13. The fourth-order valence-electron chi connectivity index (χ4n) is 8.98. The molecule has 2 saturated heterocycles. The first-order valence-electron chi connectivity index (χ1n) is 28.8. The number of carbonyl (C=O) groups excluding carboxylic acids is 1. The maximum Gasteiger partial charge on any atom is 0.220 e. The molecular weight excluding hydrogens is 943 g/mol. The molecule has 0 aromatic heterocycles. The van der Waals surface area contributed by atoms with Crippen LogP contribution in [0.3, 0.4) is 0 Å². The van der Waals surface area contributed by atoms with Crippen LogP contribution in [0.5, 0.6) is 0 Å². The lowest BCUT2D eigenvalue weighted by Crippen LogP contribution is -2.65. The summed E-state index contributed by atoms with van der Waals surface area (Å²) in [6.45, 7) is 2.71. The van der Waals surface area contributed by atoms with E-state index < -0.39 is 86.8 Å². The molecule has 2 aliphatic heterocycles. The highest BCUT2D eigenvalue weighted by atomic mass is 16.7. The van der Waals surface area contributed by atoms with Gasteiger partial charge in [-0.3, -0.25) is 4.79 Å². The maximum absolute atomic E-state index is 13.2. The zero-order valence-electron chi connectivity index (χ0n) is 45.6. The SMILES string of the molecule is CC/C=C\C/C=C\C/C=C\C/C=C\C/C=C\C/C=C\C/C=C\CCCCCC(=O)NC(COC1OC(CO)C(OC2OC(CO)C(O)C(O)C2O)C(O)C1O)C(O)CCCCCCCCCCCCCCCCC. The average molecular weight is 1050 g/mol. The van der Waals surface area contributed by atoms with E-state index >= 15 is 0 Å². The van der Waals surface area contributed by atoms with Gasteiger partial charge >= 0.3 is 0 Å². The van der Waals surface area contributed by atoms with Crippen molar-refractivity contribution in [1.29, 1.82) is 0 Å². The number of aliphatic hydroxyl groups is 8. The van der Waals surface area contributed by atoms with E-state index in [9.17, 15) is 45.6 Å². The van der Waals surface area contributed by atoms with E-state index in [0.717, 1.165) is 89.9 Å². The van der Waals surface area contributed by atoms with Crippen LogP contribution in [0.1, 0.15) is 194 Å². The highest BCUT2D eigenvalue weighted by Crippen LogP contribution is 2.30. The highest BCUT2D eigenvalue weighted by molar-refractivity contribution is 5.76. The Kier molecular flexibility index (Phi) is 41.1. The van der Waals surface area contributed by atoms with E-state index in [1.165, 1.54) is 70.6 Å². The van der Waals surface area contributed by atoms with E-state index in [0.29, 0.717) is 12.8 Å². The molecule has 426 valence electrons. The number of rotatable bonds is 44. The number of hydrogen-bond donors (Lipinski definition) is 9. The molecule has 1 amide bonds. The number of carbonyl (C=O) groups is 1. The van der Waals surface area contributed by atoms with Crippen molar-refractivity contribution in [1.82, 2.24) is 5.32 Å². The Bertz CT molecular complexity index is 1560. The quantitative estimate of drug-likeness (QED) is 0.0205. The number of aliphatic hydroxyl groups excluding tert-OH is 8. The van der Waals surface area contributed by atoms with E-state index in [4.69, 9.17) is 18.9 Å². The summed E-state index contributed by atoms with van der Waals surface area (Å²) in [4.78, 5) is 13.2. The molecule has 2 aliphatic rings. The van der Waals surface area contributed by atoms with Gasteiger partial charge in [0.1, 0.15) is 48.8 Å². The smallest absolute Gasteiger partial charge is 0.220 e. The van der Waals surface area contributed by atoms with Crippen LogP contribution < -0.4 is 5.32 Å². The van der Waals surface area contributed by atoms with Gasteiger partial charge < -0.3 is 65.1 Å². The molecule has 2 rings (SSSR count). The van der Waals surface area contributed by atoms with Crippen molar-refractivity contribution in [2.45, 2.75) is 267 Å². The maximum atomic E-state index is 13.2. The zero-order valence-corrected chi connectivity index (χ0v) is 45.6. The summed E-state index contributed by atoms with van der Waals surface area (Å²) in [5.41, 5.74) is 0. The van der Waals surface area contributed by atoms with Gasteiger partial charge in [-0.2, -0.15) is 0 Å². The number of amides is 1. The Morgan fingerprint density at radius 1 is 0.500 bits per heavy atom. The molecule has 12 atom stereocenters. The third-order valence-electron chi connectivity index (χ3n) is 13.6. The summed E-state index contributed by atoms with van der Waals surface area (Å²) in [5, 5.41) is 87.1. The highest BCUT2D eigenvalue weighted by Gasteiger charge is 2.51. The summed E-state index contributed by atoms with van der Waals surface area (Å²) < 4.78 is 22.8. The lowest BCUT2D eigenvalue weighted by molar-refractivity contribution is -0.359. The standard InChI is InChI=1S/C60H103NO13/c1-3-5-7-9-11-13-15-17-19-20-21-22-23-24-25-26-27-28-30-32-34-36-38-40-42-44-52(65)61-48(49(64)43-41-39-37-35-33-31-29-18-16-14-12-10-8-6-4-2)47-71-59-57(70)55(68)58(51(46-63)73-59)74-60-56(69)54(67)53(66)50(45-62)72-60/h5,7,11,13,17,19,21-22,24-25,27-28,32,34,48-51,53-60,62-64,66-70H,3-4,6,8-10,12,14-16,18,20,23,26,29-31,33,35-47H2,1-2H3,(H,61,65)/b7-5-,13-11-,19-17-,22-21-,25-24-,28-27-,34-32-. The molecule has 2 fully saturated rings. The van der Waals surface area contributed by atoms with Crippen LogP contribution in [-0.2, 0) is 23.7 Å². The topological polar surface area (TPSA) is 228 Å². The van der Waals surface area contributed by atoms with Crippen LogP contribution in [0.15, 0.2) is 85.1 Å². The van der Waals surface area contributed by atoms with E-state index in [1.54, 1.807) is 0 Å². The van der Waals surface area contributed by atoms with Crippen LogP contribution in [0, 0.1) is 0 Å². The summed E-state index contributed by atoms with van der Waals surface area (Å²) in [6, 6.07) is -0.852. The molecule has 0 spiro atoms. The van der Waals surface area contributed by atoms with Gasteiger partial charge in [0.05, 0.1) is 32.0 Å². The Morgan fingerprint density at radius 2 is 0.932 bits per heavy atom. The molecule has 2 heterocycles. The number of nitrogens with one attached hydrogen (secondary N) is 1. The van der Waals surface area contributed by atoms with E-state index in [-0.39, 0.29) is 18.9 Å².